The van der Waals surface area contributed by atoms with Crippen LogP contribution in [0.25, 0.3) is 0 Å². The summed E-state index contributed by atoms with van der Waals surface area (Å²) >= 11 is 3.11. The van der Waals surface area contributed by atoms with E-state index in [-0.39, 0.29) is 5.82 Å². The summed E-state index contributed by atoms with van der Waals surface area (Å²) in [5.41, 5.74) is 3.08. The second-order valence-electron chi connectivity index (χ2n) is 2.58. The van der Waals surface area contributed by atoms with E-state index in [1.807, 2.05) is 0 Å². The van der Waals surface area contributed by atoms with Crippen LogP contribution in [-0.4, -0.2) is 14.2 Å². The summed E-state index contributed by atoms with van der Waals surface area (Å²) in [7, 11) is 2.98. The lowest BCUT2D eigenvalue weighted by Gasteiger charge is -2.08. The molecule has 1 N–H and O–H groups in total. The van der Waals surface area contributed by atoms with Gasteiger partial charge in [0.2, 0.25) is 0 Å². The fourth-order valence-corrected chi connectivity index (χ4v) is 1.56. The molecule has 0 amide bonds. The van der Waals surface area contributed by atoms with Gasteiger partial charge < -0.3 is 9.57 Å². The summed E-state index contributed by atoms with van der Waals surface area (Å²) in [5.74, 6) is 0.137. The maximum absolute atomic E-state index is 13.6. The predicted molar refractivity (Wildman–Crippen MR) is 54.5 cm³/mol. The summed E-state index contributed by atoms with van der Waals surface area (Å²) in [5, 5.41) is 0. The molecule has 3 nitrogen and oxygen atoms in total. The van der Waals surface area contributed by atoms with Crippen molar-refractivity contribution < 1.29 is 14.0 Å². The molecule has 0 aliphatic carbocycles. The Bertz CT molecular complexity index is 320. The number of benzene rings is 1. The van der Waals surface area contributed by atoms with Crippen LogP contribution in [0.15, 0.2) is 16.6 Å². The molecule has 0 spiro atoms. The monoisotopic (exact) mass is 263 g/mol. The lowest BCUT2D eigenvalue weighted by Crippen LogP contribution is -2.12. The third kappa shape index (κ3) is 2.43. The van der Waals surface area contributed by atoms with Crippen LogP contribution in [0.1, 0.15) is 5.56 Å². The number of hydroxylamine groups is 1. The van der Waals surface area contributed by atoms with Crippen LogP contribution < -0.4 is 10.2 Å². The molecule has 0 aliphatic heterocycles. The minimum Gasteiger partial charge on any atom is -0.495 e. The Kier molecular flexibility index (Phi) is 4.31. The van der Waals surface area contributed by atoms with E-state index in [4.69, 9.17) is 4.74 Å². The Balaban J connectivity index is 2.92. The highest BCUT2D eigenvalue weighted by Gasteiger charge is 2.10. The van der Waals surface area contributed by atoms with Crippen molar-refractivity contribution in [1.29, 1.82) is 0 Å². The highest BCUT2D eigenvalue weighted by molar-refractivity contribution is 9.10. The third-order valence-corrected chi connectivity index (χ3v) is 2.49. The predicted octanol–water partition coefficient (Wildman–Crippen LogP) is 2.25. The molecule has 0 saturated heterocycles. The standard InChI is InChI=1S/C9H11BrFNO2/c1-13-7-4-3-6(5-12-14-2)9(11)8(7)10/h3-4,12H,5H2,1-2H3. The minimum atomic E-state index is -0.339. The summed E-state index contributed by atoms with van der Waals surface area (Å²) in [6, 6.07) is 3.34. The van der Waals surface area contributed by atoms with Gasteiger partial charge in [0.1, 0.15) is 11.6 Å². The largest absolute Gasteiger partial charge is 0.495 e. The van der Waals surface area contributed by atoms with Crippen LogP contribution in [0.5, 0.6) is 5.75 Å². The zero-order chi connectivity index (χ0) is 10.6. The maximum Gasteiger partial charge on any atom is 0.145 e. The molecule has 78 valence electrons. The summed E-state index contributed by atoms with van der Waals surface area (Å²) < 4.78 is 18.8. The molecule has 0 aliphatic rings. The quantitative estimate of drug-likeness (QED) is 0.846. The van der Waals surface area contributed by atoms with Gasteiger partial charge in [-0.25, -0.2) is 4.39 Å². The van der Waals surface area contributed by atoms with Gasteiger partial charge in [0.25, 0.3) is 0 Å². The number of rotatable bonds is 4. The molecule has 0 unspecified atom stereocenters. The van der Waals surface area contributed by atoms with E-state index >= 15 is 0 Å². The van der Waals surface area contributed by atoms with Crippen molar-refractivity contribution in [3.63, 3.8) is 0 Å². The van der Waals surface area contributed by atoms with Gasteiger partial charge in [-0.2, -0.15) is 5.48 Å². The molecule has 0 saturated carbocycles. The van der Waals surface area contributed by atoms with Gasteiger partial charge in [-0.3, -0.25) is 0 Å². The zero-order valence-corrected chi connectivity index (χ0v) is 9.52. The van der Waals surface area contributed by atoms with E-state index in [0.717, 1.165) is 0 Å². The summed E-state index contributed by atoms with van der Waals surface area (Å²) in [6.07, 6.45) is 0. The lowest BCUT2D eigenvalue weighted by molar-refractivity contribution is 0.0859. The average molecular weight is 264 g/mol. The van der Waals surface area contributed by atoms with Crippen LogP contribution in [-0.2, 0) is 11.4 Å². The molecule has 0 atom stereocenters. The van der Waals surface area contributed by atoms with E-state index < -0.39 is 0 Å². The molecule has 0 radical (unpaired) electrons. The lowest BCUT2D eigenvalue weighted by atomic mass is 10.2. The van der Waals surface area contributed by atoms with E-state index in [0.29, 0.717) is 22.3 Å². The van der Waals surface area contributed by atoms with Gasteiger partial charge in [-0.15, -0.1) is 0 Å². The highest BCUT2D eigenvalue weighted by atomic mass is 79.9. The minimum absolute atomic E-state index is 0.310. The first-order chi connectivity index (χ1) is 6.70. The number of halogens is 2. The Morgan fingerprint density at radius 1 is 1.43 bits per heavy atom. The molecule has 0 fully saturated rings. The Hall–Kier alpha value is -0.650. The van der Waals surface area contributed by atoms with Crippen molar-refractivity contribution in [3.8, 4) is 5.75 Å². The van der Waals surface area contributed by atoms with E-state index in [9.17, 15) is 4.39 Å². The van der Waals surface area contributed by atoms with E-state index in [1.165, 1.54) is 14.2 Å². The Morgan fingerprint density at radius 3 is 2.71 bits per heavy atom. The fraction of sp³-hybridized carbons (Fsp3) is 0.333. The summed E-state index contributed by atoms with van der Waals surface area (Å²) in [6.45, 7) is 0.310. The average Bonchev–Trinajstić information content (AvgIpc) is 2.20. The van der Waals surface area contributed by atoms with Gasteiger partial charge in [-0.05, 0) is 22.0 Å². The molecule has 14 heavy (non-hydrogen) atoms. The van der Waals surface area contributed by atoms with Crippen molar-refractivity contribution in [2.75, 3.05) is 14.2 Å². The van der Waals surface area contributed by atoms with E-state index in [1.54, 1.807) is 12.1 Å². The number of nitrogens with one attached hydrogen (secondary N) is 1. The molecular weight excluding hydrogens is 253 g/mol. The van der Waals surface area contributed by atoms with E-state index in [2.05, 4.69) is 26.2 Å². The van der Waals surface area contributed by atoms with Crippen molar-refractivity contribution >= 4 is 15.9 Å². The number of hydrogen-bond acceptors (Lipinski definition) is 3. The normalized spacial score (nSPS) is 10.3. The van der Waals surface area contributed by atoms with Crippen LogP contribution in [0.3, 0.4) is 0 Å². The van der Waals surface area contributed by atoms with Gasteiger partial charge in [0, 0.05) is 12.1 Å². The first-order valence-corrected chi connectivity index (χ1v) is 4.76. The van der Waals surface area contributed by atoms with Crippen molar-refractivity contribution in [2.24, 2.45) is 0 Å². The van der Waals surface area contributed by atoms with Crippen LogP contribution in [0.4, 0.5) is 4.39 Å². The summed E-state index contributed by atoms with van der Waals surface area (Å²) in [4.78, 5) is 4.63. The third-order valence-electron chi connectivity index (χ3n) is 1.75. The number of methoxy groups -OCH3 is 1. The number of hydrogen-bond donors (Lipinski definition) is 1. The second kappa shape index (κ2) is 5.29. The van der Waals surface area contributed by atoms with Crippen LogP contribution in [0, 0.1) is 5.82 Å². The molecule has 1 aromatic rings. The van der Waals surface area contributed by atoms with Crippen molar-refractivity contribution in [1.82, 2.24) is 5.48 Å². The van der Waals surface area contributed by atoms with Crippen molar-refractivity contribution in [3.05, 3.63) is 28.0 Å². The molecule has 5 heteroatoms. The first-order valence-electron chi connectivity index (χ1n) is 3.97. The van der Waals surface area contributed by atoms with Gasteiger partial charge in [0.05, 0.1) is 18.7 Å². The molecular formula is C9H11BrFNO2. The topological polar surface area (TPSA) is 30.5 Å². The Morgan fingerprint density at radius 2 is 2.14 bits per heavy atom. The smallest absolute Gasteiger partial charge is 0.145 e. The second-order valence-corrected chi connectivity index (χ2v) is 3.37. The van der Waals surface area contributed by atoms with Gasteiger partial charge in [-0.1, -0.05) is 6.07 Å². The molecule has 0 heterocycles. The van der Waals surface area contributed by atoms with Gasteiger partial charge in [0.15, 0.2) is 0 Å². The SMILES string of the molecule is CONCc1ccc(OC)c(Br)c1F. The maximum atomic E-state index is 13.6. The van der Waals surface area contributed by atoms with Gasteiger partial charge >= 0.3 is 0 Å². The van der Waals surface area contributed by atoms with Crippen LogP contribution >= 0.6 is 15.9 Å². The fourth-order valence-electron chi connectivity index (χ4n) is 1.02. The molecule has 1 aromatic carbocycles. The first kappa shape index (κ1) is 11.4. The van der Waals surface area contributed by atoms with Crippen LogP contribution in [0.2, 0.25) is 0 Å². The highest BCUT2D eigenvalue weighted by Crippen LogP contribution is 2.29. The number of ether oxygens (including phenoxy) is 1. The molecule has 1 rings (SSSR count). The van der Waals surface area contributed by atoms with Crippen molar-refractivity contribution in [2.45, 2.75) is 6.54 Å². The zero-order valence-electron chi connectivity index (χ0n) is 7.93. The molecule has 0 bridgehead atoms. The molecule has 0 aromatic heterocycles. The Labute approximate surface area is 90.3 Å².